The third-order valence-electron chi connectivity index (χ3n) is 5.40. The van der Waals surface area contributed by atoms with Crippen molar-refractivity contribution in [1.29, 1.82) is 0 Å². The molecule has 0 radical (unpaired) electrons. The fourth-order valence-corrected chi connectivity index (χ4v) is 3.91. The highest BCUT2D eigenvalue weighted by molar-refractivity contribution is 6.02. The van der Waals surface area contributed by atoms with Gasteiger partial charge in [0.2, 0.25) is 0 Å². The lowest BCUT2D eigenvalue weighted by atomic mass is 10.1. The lowest BCUT2D eigenvalue weighted by Crippen LogP contribution is -3.15. The van der Waals surface area contributed by atoms with Gasteiger partial charge < -0.3 is 15.1 Å². The zero-order valence-electron chi connectivity index (χ0n) is 15.7. The van der Waals surface area contributed by atoms with Gasteiger partial charge in [-0.05, 0) is 30.0 Å². The van der Waals surface area contributed by atoms with Crippen LogP contribution in [0.25, 0.3) is 10.8 Å². The van der Waals surface area contributed by atoms with Gasteiger partial charge in [0.25, 0.3) is 5.91 Å². The van der Waals surface area contributed by atoms with Crippen LogP contribution in [0.2, 0.25) is 0 Å². The Hall–Kier alpha value is -2.85. The van der Waals surface area contributed by atoms with Crippen LogP contribution < -0.4 is 15.1 Å². The van der Waals surface area contributed by atoms with Crippen LogP contribution in [-0.2, 0) is 4.79 Å². The van der Waals surface area contributed by atoms with Crippen molar-refractivity contribution in [2.75, 3.05) is 42.9 Å². The van der Waals surface area contributed by atoms with Gasteiger partial charge in [-0.1, -0.05) is 54.6 Å². The number of aryl methyl sites for hydroxylation is 1. The number of quaternary nitrogens is 1. The number of para-hydroxylation sites is 1. The van der Waals surface area contributed by atoms with Crippen LogP contribution in [0.5, 0.6) is 0 Å². The average Bonchev–Trinajstić information content (AvgIpc) is 2.69. The minimum Gasteiger partial charge on any atom is -0.360 e. The van der Waals surface area contributed by atoms with E-state index in [1.807, 2.05) is 24.3 Å². The summed E-state index contributed by atoms with van der Waals surface area (Å²) < 4.78 is 0. The van der Waals surface area contributed by atoms with E-state index < -0.39 is 0 Å². The standard InChI is InChI=1S/C23H25N3O/c1-18-7-2-5-12-22(18)26-15-13-25(14-16-26)17-23(27)24-21-11-6-9-19-8-3-4-10-20(19)21/h2-12H,13-17H2,1H3,(H,24,27)/p+1. The maximum Gasteiger partial charge on any atom is 0.279 e. The number of fused-ring (bicyclic) bond motifs is 1. The Kier molecular flexibility index (Phi) is 5.07. The van der Waals surface area contributed by atoms with Crippen LogP contribution in [0.4, 0.5) is 11.4 Å². The zero-order valence-corrected chi connectivity index (χ0v) is 15.7. The normalized spacial score (nSPS) is 15.1. The Morgan fingerprint density at radius 3 is 2.48 bits per heavy atom. The molecule has 138 valence electrons. The van der Waals surface area contributed by atoms with Gasteiger partial charge in [-0.2, -0.15) is 0 Å². The van der Waals surface area contributed by atoms with E-state index in [1.165, 1.54) is 16.2 Å². The Morgan fingerprint density at radius 1 is 0.963 bits per heavy atom. The monoisotopic (exact) mass is 360 g/mol. The molecule has 1 aliphatic rings. The Bertz CT molecular complexity index is 940. The predicted molar refractivity (Wildman–Crippen MR) is 112 cm³/mol. The minimum atomic E-state index is 0.0886. The number of carbonyl (C=O) groups excluding carboxylic acids is 1. The zero-order chi connectivity index (χ0) is 18.6. The molecule has 0 unspecified atom stereocenters. The van der Waals surface area contributed by atoms with Gasteiger partial charge >= 0.3 is 0 Å². The average molecular weight is 360 g/mol. The van der Waals surface area contributed by atoms with E-state index in [4.69, 9.17) is 0 Å². The Labute approximate surface area is 160 Å². The number of hydrogen-bond acceptors (Lipinski definition) is 2. The predicted octanol–water partition coefficient (Wildman–Crippen LogP) is 2.49. The van der Waals surface area contributed by atoms with Gasteiger partial charge in [0.15, 0.2) is 6.54 Å². The molecule has 0 aliphatic carbocycles. The number of benzene rings is 3. The van der Waals surface area contributed by atoms with Crippen LogP contribution >= 0.6 is 0 Å². The van der Waals surface area contributed by atoms with E-state index >= 15 is 0 Å². The van der Waals surface area contributed by atoms with Crippen molar-refractivity contribution in [3.05, 3.63) is 72.3 Å². The Morgan fingerprint density at radius 2 is 1.67 bits per heavy atom. The molecule has 1 fully saturated rings. The molecule has 3 aromatic rings. The van der Waals surface area contributed by atoms with Crippen molar-refractivity contribution >= 4 is 28.1 Å². The molecule has 2 N–H and O–H groups in total. The van der Waals surface area contributed by atoms with Gasteiger partial charge in [0, 0.05) is 16.8 Å². The molecule has 4 nitrogen and oxygen atoms in total. The first-order valence-corrected chi connectivity index (χ1v) is 9.62. The molecule has 0 atom stereocenters. The molecule has 0 spiro atoms. The van der Waals surface area contributed by atoms with Crippen molar-refractivity contribution in [2.24, 2.45) is 0 Å². The fraction of sp³-hybridized carbons (Fsp3) is 0.261. The number of nitrogens with zero attached hydrogens (tertiary/aromatic N) is 1. The molecule has 3 aromatic carbocycles. The summed E-state index contributed by atoms with van der Waals surface area (Å²) in [5.41, 5.74) is 3.53. The summed E-state index contributed by atoms with van der Waals surface area (Å²) in [7, 11) is 0. The highest BCUT2D eigenvalue weighted by atomic mass is 16.2. The number of nitrogens with one attached hydrogen (secondary N) is 2. The van der Waals surface area contributed by atoms with Crippen molar-refractivity contribution in [3.63, 3.8) is 0 Å². The lowest BCUT2D eigenvalue weighted by molar-refractivity contribution is -0.892. The van der Waals surface area contributed by atoms with E-state index in [2.05, 4.69) is 59.6 Å². The summed E-state index contributed by atoms with van der Waals surface area (Å²) in [5.74, 6) is 0.0886. The molecule has 1 aliphatic heterocycles. The minimum absolute atomic E-state index is 0.0886. The van der Waals surface area contributed by atoms with E-state index in [0.717, 1.165) is 42.6 Å². The molecule has 1 amide bonds. The van der Waals surface area contributed by atoms with Crippen LogP contribution in [0, 0.1) is 6.92 Å². The number of hydrogen-bond donors (Lipinski definition) is 2. The van der Waals surface area contributed by atoms with Gasteiger partial charge in [-0.3, -0.25) is 4.79 Å². The van der Waals surface area contributed by atoms with Crippen molar-refractivity contribution < 1.29 is 9.69 Å². The first-order chi connectivity index (χ1) is 13.2. The highest BCUT2D eigenvalue weighted by Crippen LogP contribution is 2.22. The molecule has 1 saturated heterocycles. The van der Waals surface area contributed by atoms with Crippen LogP contribution in [0.1, 0.15) is 5.56 Å². The molecule has 0 bridgehead atoms. The second-order valence-electron chi connectivity index (χ2n) is 7.28. The third-order valence-corrected chi connectivity index (χ3v) is 5.40. The summed E-state index contributed by atoms with van der Waals surface area (Å²) >= 11 is 0. The summed E-state index contributed by atoms with van der Waals surface area (Å²) in [6, 6.07) is 22.7. The maximum absolute atomic E-state index is 12.6. The molecule has 4 rings (SSSR count). The third kappa shape index (κ3) is 3.96. The second kappa shape index (κ2) is 7.80. The quantitative estimate of drug-likeness (QED) is 0.750. The van der Waals surface area contributed by atoms with Crippen LogP contribution in [0.15, 0.2) is 66.7 Å². The van der Waals surface area contributed by atoms with E-state index in [1.54, 1.807) is 0 Å². The van der Waals surface area contributed by atoms with E-state index in [-0.39, 0.29) is 5.91 Å². The molecular weight excluding hydrogens is 334 g/mol. The maximum atomic E-state index is 12.6. The first-order valence-electron chi connectivity index (χ1n) is 9.62. The van der Waals surface area contributed by atoms with E-state index in [9.17, 15) is 4.79 Å². The van der Waals surface area contributed by atoms with Gasteiger partial charge in [0.05, 0.1) is 26.2 Å². The smallest absolute Gasteiger partial charge is 0.279 e. The highest BCUT2D eigenvalue weighted by Gasteiger charge is 2.23. The SMILES string of the molecule is Cc1ccccc1N1CC[NH+](CC(=O)Nc2cccc3ccccc23)CC1. The summed E-state index contributed by atoms with van der Waals surface area (Å²) in [4.78, 5) is 16.4. The van der Waals surface area contributed by atoms with Crippen LogP contribution in [-0.4, -0.2) is 38.6 Å². The lowest BCUT2D eigenvalue weighted by Gasteiger charge is -2.34. The van der Waals surface area contributed by atoms with Crippen molar-refractivity contribution in [3.8, 4) is 0 Å². The first kappa shape index (κ1) is 17.6. The van der Waals surface area contributed by atoms with Gasteiger partial charge in [-0.25, -0.2) is 0 Å². The van der Waals surface area contributed by atoms with Crippen molar-refractivity contribution in [2.45, 2.75) is 6.92 Å². The largest absolute Gasteiger partial charge is 0.360 e. The molecule has 0 aromatic heterocycles. The summed E-state index contributed by atoms with van der Waals surface area (Å²) in [6.45, 7) is 6.62. The van der Waals surface area contributed by atoms with Gasteiger partial charge in [-0.15, -0.1) is 0 Å². The Balaban J connectivity index is 1.35. The van der Waals surface area contributed by atoms with E-state index in [0.29, 0.717) is 6.54 Å². The topological polar surface area (TPSA) is 36.8 Å². The molecular formula is C23H26N3O+. The number of amides is 1. The molecule has 0 saturated carbocycles. The number of piperazine rings is 1. The number of anilines is 2. The van der Waals surface area contributed by atoms with Crippen LogP contribution in [0.3, 0.4) is 0 Å². The summed E-state index contributed by atoms with van der Waals surface area (Å²) in [5, 5.41) is 5.35. The second-order valence-corrected chi connectivity index (χ2v) is 7.28. The number of carbonyl (C=O) groups is 1. The van der Waals surface area contributed by atoms with Crippen molar-refractivity contribution in [1.82, 2.24) is 0 Å². The fourth-order valence-electron chi connectivity index (χ4n) is 3.91. The number of rotatable bonds is 4. The summed E-state index contributed by atoms with van der Waals surface area (Å²) in [6.07, 6.45) is 0. The molecule has 4 heteroatoms. The molecule has 1 heterocycles. The van der Waals surface area contributed by atoms with Gasteiger partial charge in [0.1, 0.15) is 0 Å². The molecule has 27 heavy (non-hydrogen) atoms.